The Labute approximate surface area is 74.9 Å². The molecule has 1 atom stereocenters. The van der Waals surface area contributed by atoms with E-state index >= 15 is 0 Å². The van der Waals surface area contributed by atoms with E-state index in [4.69, 9.17) is 5.11 Å². The number of nitrogens with one attached hydrogen (secondary N) is 2. The molecule has 13 heavy (non-hydrogen) atoms. The van der Waals surface area contributed by atoms with Gasteiger partial charge in [-0.05, 0) is 0 Å². The van der Waals surface area contributed by atoms with Crippen LogP contribution in [-0.2, 0) is 9.53 Å². The maximum Gasteiger partial charge on any atom is 0.255 e. The van der Waals surface area contributed by atoms with E-state index in [1.807, 2.05) is 0 Å². The number of amides is 1. The molecule has 0 fully saturated rings. The molecule has 3 N–H and O–H groups in total. The zero-order chi connectivity index (χ0) is 9.68. The fourth-order valence-corrected chi connectivity index (χ4v) is 0.778. The quantitative estimate of drug-likeness (QED) is 0.582. The number of aliphatic hydroxyl groups is 1. The monoisotopic (exact) mass is 185 g/mol. The third-order valence-corrected chi connectivity index (χ3v) is 1.39. The topological polar surface area (TPSA) is 87.2 Å². The van der Waals surface area contributed by atoms with E-state index in [-0.39, 0.29) is 6.61 Å². The summed E-state index contributed by atoms with van der Waals surface area (Å²) in [6.07, 6.45) is 1.80. The number of hydrogen-bond donors (Lipinski definition) is 3. The van der Waals surface area contributed by atoms with Gasteiger partial charge in [-0.3, -0.25) is 9.89 Å². The molecule has 0 aliphatic rings. The van der Waals surface area contributed by atoms with Gasteiger partial charge >= 0.3 is 0 Å². The van der Waals surface area contributed by atoms with Gasteiger partial charge in [0.25, 0.3) is 5.91 Å². The van der Waals surface area contributed by atoms with Gasteiger partial charge in [0, 0.05) is 13.3 Å². The van der Waals surface area contributed by atoms with E-state index < -0.39 is 12.0 Å². The molecule has 6 heteroatoms. The molecule has 1 unspecified atom stereocenters. The molecule has 0 aromatic carbocycles. The number of carbonyl (C=O) groups is 1. The lowest BCUT2D eigenvalue weighted by molar-refractivity contribution is -0.126. The number of aromatic nitrogens is 2. The summed E-state index contributed by atoms with van der Waals surface area (Å²) in [6, 6.07) is 0. The first kappa shape index (κ1) is 9.69. The number of methoxy groups -OCH3 is 1. The van der Waals surface area contributed by atoms with E-state index in [9.17, 15) is 4.79 Å². The van der Waals surface area contributed by atoms with Gasteiger partial charge in [-0.25, -0.2) is 0 Å². The number of anilines is 1. The van der Waals surface area contributed by atoms with Crippen LogP contribution in [-0.4, -0.2) is 41.0 Å². The molecule has 0 aliphatic carbocycles. The number of nitrogens with zero attached hydrogens (tertiary/aromatic N) is 1. The van der Waals surface area contributed by atoms with Gasteiger partial charge in [-0.1, -0.05) is 0 Å². The van der Waals surface area contributed by atoms with Crippen molar-refractivity contribution in [1.29, 1.82) is 0 Å². The Kier molecular flexibility index (Phi) is 3.41. The Hall–Kier alpha value is -1.40. The standard InChI is InChI=1S/C7H11N3O3/c1-13-4-6(11)7(12)10-5-2-8-9-3-5/h2-3,6,11H,4H2,1H3,(H,8,9)(H,10,12). The van der Waals surface area contributed by atoms with Gasteiger partial charge in [0.1, 0.15) is 0 Å². The van der Waals surface area contributed by atoms with E-state index in [1.165, 1.54) is 19.5 Å². The van der Waals surface area contributed by atoms with Crippen LogP contribution in [0.15, 0.2) is 12.4 Å². The Morgan fingerprint density at radius 1 is 1.92 bits per heavy atom. The Morgan fingerprint density at radius 2 is 2.69 bits per heavy atom. The first-order valence-electron chi connectivity index (χ1n) is 3.70. The van der Waals surface area contributed by atoms with Crippen LogP contribution in [0, 0.1) is 0 Å². The van der Waals surface area contributed by atoms with Crippen LogP contribution >= 0.6 is 0 Å². The van der Waals surface area contributed by atoms with Crippen molar-refractivity contribution >= 4 is 11.6 Å². The smallest absolute Gasteiger partial charge is 0.255 e. The molecule has 6 nitrogen and oxygen atoms in total. The molecule has 0 saturated heterocycles. The molecule has 0 spiro atoms. The number of aliphatic hydroxyl groups excluding tert-OH is 1. The van der Waals surface area contributed by atoms with Crippen LogP contribution in [0.3, 0.4) is 0 Å². The second kappa shape index (κ2) is 4.58. The second-order valence-electron chi connectivity index (χ2n) is 2.45. The number of H-pyrrole nitrogens is 1. The zero-order valence-corrected chi connectivity index (χ0v) is 7.15. The summed E-state index contributed by atoms with van der Waals surface area (Å²) < 4.78 is 4.61. The van der Waals surface area contributed by atoms with Crippen LogP contribution in [0.2, 0.25) is 0 Å². The average molecular weight is 185 g/mol. The number of ether oxygens (including phenoxy) is 1. The molecule has 1 heterocycles. The predicted molar refractivity (Wildman–Crippen MR) is 45.1 cm³/mol. The van der Waals surface area contributed by atoms with Crippen LogP contribution in [0.4, 0.5) is 5.69 Å². The molecule has 0 aliphatic heterocycles. The van der Waals surface area contributed by atoms with E-state index in [2.05, 4.69) is 20.3 Å². The van der Waals surface area contributed by atoms with Gasteiger partial charge in [0.2, 0.25) is 0 Å². The summed E-state index contributed by atoms with van der Waals surface area (Å²) in [5.41, 5.74) is 0.514. The SMILES string of the molecule is COCC(O)C(=O)Nc1cn[nH]c1. The highest BCUT2D eigenvalue weighted by molar-refractivity contribution is 5.93. The molecule has 0 bridgehead atoms. The van der Waals surface area contributed by atoms with Gasteiger partial charge in [-0.15, -0.1) is 0 Å². The highest BCUT2D eigenvalue weighted by atomic mass is 16.5. The third-order valence-electron chi connectivity index (χ3n) is 1.39. The lowest BCUT2D eigenvalue weighted by atomic mass is 10.3. The number of hydrogen-bond acceptors (Lipinski definition) is 4. The van der Waals surface area contributed by atoms with E-state index in [0.29, 0.717) is 5.69 Å². The number of rotatable bonds is 4. The van der Waals surface area contributed by atoms with Crippen LogP contribution in [0.25, 0.3) is 0 Å². The molecular formula is C7H11N3O3. The first-order valence-corrected chi connectivity index (χ1v) is 3.70. The van der Waals surface area contributed by atoms with Gasteiger partial charge < -0.3 is 15.2 Å². The summed E-state index contributed by atoms with van der Waals surface area (Å²) in [7, 11) is 1.41. The maximum absolute atomic E-state index is 11.1. The molecule has 1 rings (SSSR count). The van der Waals surface area contributed by atoms with Crippen molar-refractivity contribution in [3.8, 4) is 0 Å². The lowest BCUT2D eigenvalue weighted by Crippen LogP contribution is -2.31. The minimum Gasteiger partial charge on any atom is -0.381 e. The number of carbonyl (C=O) groups excluding carboxylic acids is 1. The van der Waals surface area contributed by atoms with E-state index in [0.717, 1.165) is 0 Å². The summed E-state index contributed by atoms with van der Waals surface area (Å²) in [6.45, 7) is -0.0241. The normalized spacial score (nSPS) is 12.5. The fourth-order valence-electron chi connectivity index (χ4n) is 0.778. The van der Waals surface area contributed by atoms with Crippen LogP contribution in [0.1, 0.15) is 0 Å². The van der Waals surface area contributed by atoms with Crippen molar-refractivity contribution in [2.24, 2.45) is 0 Å². The molecular weight excluding hydrogens is 174 g/mol. The van der Waals surface area contributed by atoms with Crippen LogP contribution < -0.4 is 5.32 Å². The largest absolute Gasteiger partial charge is 0.381 e. The van der Waals surface area contributed by atoms with Crippen molar-refractivity contribution in [2.75, 3.05) is 19.0 Å². The number of aromatic amines is 1. The third kappa shape index (κ3) is 2.85. The van der Waals surface area contributed by atoms with Crippen molar-refractivity contribution in [3.05, 3.63) is 12.4 Å². The Morgan fingerprint density at radius 3 is 3.23 bits per heavy atom. The lowest BCUT2D eigenvalue weighted by Gasteiger charge is -2.08. The molecule has 1 aromatic heterocycles. The molecule has 72 valence electrons. The molecule has 0 saturated carbocycles. The first-order chi connectivity index (χ1) is 6.24. The van der Waals surface area contributed by atoms with Crippen LogP contribution in [0.5, 0.6) is 0 Å². The van der Waals surface area contributed by atoms with Gasteiger partial charge in [0.05, 0.1) is 18.5 Å². The van der Waals surface area contributed by atoms with Crippen molar-refractivity contribution < 1.29 is 14.6 Å². The average Bonchev–Trinajstić information content (AvgIpc) is 2.57. The Balaban J connectivity index is 2.41. The second-order valence-corrected chi connectivity index (χ2v) is 2.45. The minimum absolute atomic E-state index is 0.0241. The van der Waals surface area contributed by atoms with Gasteiger partial charge in [0.15, 0.2) is 6.10 Å². The predicted octanol–water partition coefficient (Wildman–Crippen LogP) is -0.645. The van der Waals surface area contributed by atoms with E-state index in [1.54, 1.807) is 0 Å². The zero-order valence-electron chi connectivity index (χ0n) is 7.15. The summed E-state index contributed by atoms with van der Waals surface area (Å²) in [4.78, 5) is 11.1. The minimum atomic E-state index is -1.15. The highest BCUT2D eigenvalue weighted by Gasteiger charge is 2.14. The maximum atomic E-state index is 11.1. The Bertz CT molecular complexity index is 260. The summed E-state index contributed by atoms with van der Waals surface area (Å²) >= 11 is 0. The molecule has 1 amide bonds. The summed E-state index contributed by atoms with van der Waals surface area (Å²) in [5.74, 6) is -0.511. The highest BCUT2D eigenvalue weighted by Crippen LogP contribution is 2.01. The van der Waals surface area contributed by atoms with Crippen molar-refractivity contribution in [3.63, 3.8) is 0 Å². The summed E-state index contributed by atoms with van der Waals surface area (Å²) in [5, 5.41) is 17.7. The molecule has 1 aromatic rings. The fraction of sp³-hybridized carbons (Fsp3) is 0.429. The van der Waals surface area contributed by atoms with Crippen molar-refractivity contribution in [2.45, 2.75) is 6.10 Å². The van der Waals surface area contributed by atoms with Crippen molar-refractivity contribution in [1.82, 2.24) is 10.2 Å². The molecule has 0 radical (unpaired) electrons. The van der Waals surface area contributed by atoms with Gasteiger partial charge in [-0.2, -0.15) is 5.10 Å².